The highest BCUT2D eigenvalue weighted by Gasteiger charge is 2.33. The normalized spacial score (nSPS) is 26.7. The predicted molar refractivity (Wildman–Crippen MR) is 88.3 cm³/mol. The van der Waals surface area contributed by atoms with Gasteiger partial charge in [0.2, 0.25) is 0 Å². The molecule has 0 spiro atoms. The maximum Gasteiger partial charge on any atom is 0.0346 e. The van der Waals surface area contributed by atoms with Gasteiger partial charge in [-0.15, -0.1) is 0 Å². The minimum absolute atomic E-state index is 0.691. The Labute approximate surface area is 130 Å². The average Bonchev–Trinajstić information content (AvgIpc) is 2.76. The lowest BCUT2D eigenvalue weighted by Gasteiger charge is -2.16. The second-order valence-corrected chi connectivity index (χ2v) is 7.25. The minimum Gasteiger partial charge on any atom is -0.312 e. The summed E-state index contributed by atoms with van der Waals surface area (Å²) < 4.78 is 2.54. The summed E-state index contributed by atoms with van der Waals surface area (Å²) in [4.78, 5) is 5.58. The molecule has 2 atom stereocenters. The molecule has 2 aromatic rings. The summed E-state index contributed by atoms with van der Waals surface area (Å²) in [6.45, 7) is 3.57. The monoisotopic (exact) mass is 299 g/mol. The second-order valence-electron chi connectivity index (χ2n) is 6.11. The minimum atomic E-state index is 0.691. The summed E-state index contributed by atoms with van der Waals surface area (Å²) in [5, 5.41) is 6.28. The third-order valence-electron chi connectivity index (χ3n) is 4.68. The maximum absolute atomic E-state index is 4.22. The molecule has 1 aromatic heterocycles. The lowest BCUT2D eigenvalue weighted by Crippen LogP contribution is -2.34. The van der Waals surface area contributed by atoms with Crippen molar-refractivity contribution in [3.63, 3.8) is 0 Å². The molecule has 2 aliphatic heterocycles. The number of benzene rings is 1. The second kappa shape index (κ2) is 5.95. The lowest BCUT2D eigenvalue weighted by atomic mass is 9.99. The van der Waals surface area contributed by atoms with Crippen LogP contribution in [-0.2, 0) is 0 Å². The largest absolute Gasteiger partial charge is 0.312 e. The molecule has 1 aromatic carbocycles. The van der Waals surface area contributed by atoms with Crippen molar-refractivity contribution < 1.29 is 0 Å². The van der Waals surface area contributed by atoms with Crippen molar-refractivity contribution in [2.45, 2.75) is 30.2 Å². The highest BCUT2D eigenvalue weighted by atomic mass is 32.2. The molecule has 2 unspecified atom stereocenters. The van der Waals surface area contributed by atoms with Gasteiger partial charge in [0.15, 0.2) is 0 Å². The molecule has 21 heavy (non-hydrogen) atoms. The van der Waals surface area contributed by atoms with Gasteiger partial charge in [-0.05, 0) is 54.8 Å². The van der Waals surface area contributed by atoms with Gasteiger partial charge in [-0.3, -0.25) is 4.98 Å². The van der Waals surface area contributed by atoms with Gasteiger partial charge < -0.3 is 5.32 Å². The van der Waals surface area contributed by atoms with Gasteiger partial charge in [0.1, 0.15) is 0 Å². The summed E-state index contributed by atoms with van der Waals surface area (Å²) in [6, 6.07) is 9.33. The van der Waals surface area contributed by atoms with Gasteiger partial charge in [0.05, 0.1) is 0 Å². The van der Waals surface area contributed by atoms with E-state index in [1.54, 1.807) is 0 Å². The first kappa shape index (κ1) is 13.6. The van der Waals surface area contributed by atoms with Crippen molar-refractivity contribution in [1.29, 1.82) is 0 Å². The molecule has 3 nitrogen and oxygen atoms in total. The number of hydrogen-bond donors (Lipinski definition) is 1. The average molecular weight is 299 g/mol. The topological polar surface area (TPSA) is 28.2 Å². The third kappa shape index (κ3) is 2.80. The Morgan fingerprint density at radius 3 is 3.19 bits per heavy atom. The van der Waals surface area contributed by atoms with Gasteiger partial charge in [0.25, 0.3) is 0 Å². The lowest BCUT2D eigenvalue weighted by molar-refractivity contribution is 0.442. The van der Waals surface area contributed by atoms with Gasteiger partial charge in [-0.1, -0.05) is 18.6 Å². The zero-order valence-electron chi connectivity index (χ0n) is 12.2. The molecule has 0 radical (unpaired) electrons. The van der Waals surface area contributed by atoms with Crippen LogP contribution in [0.1, 0.15) is 19.3 Å². The van der Waals surface area contributed by atoms with E-state index in [-0.39, 0.29) is 0 Å². The number of fused-ring (bicyclic) bond motifs is 2. The van der Waals surface area contributed by atoms with Gasteiger partial charge in [-0.2, -0.15) is 0 Å². The van der Waals surface area contributed by atoms with E-state index in [1.807, 2.05) is 24.3 Å². The van der Waals surface area contributed by atoms with Crippen molar-refractivity contribution in [3.05, 3.63) is 36.7 Å². The van der Waals surface area contributed by atoms with Crippen molar-refractivity contribution in [3.8, 4) is 0 Å². The molecule has 2 saturated heterocycles. The van der Waals surface area contributed by atoms with Crippen LogP contribution in [0.15, 0.2) is 41.6 Å². The summed E-state index contributed by atoms with van der Waals surface area (Å²) in [7, 11) is 0. The number of hydrogen-bond acceptors (Lipinski definition) is 4. The Balaban J connectivity index is 1.53. The fraction of sp³-hybridized carbons (Fsp3) is 0.471. The van der Waals surface area contributed by atoms with E-state index in [2.05, 4.69) is 38.9 Å². The van der Waals surface area contributed by atoms with Crippen molar-refractivity contribution >= 4 is 22.7 Å². The summed E-state index contributed by atoms with van der Waals surface area (Å²) >= 11 is 1.92. The summed E-state index contributed by atoms with van der Waals surface area (Å²) in [5.74, 6) is 0.830. The van der Waals surface area contributed by atoms with Crippen LogP contribution < -0.4 is 5.32 Å². The predicted octanol–water partition coefficient (Wildman–Crippen LogP) is 3.32. The Bertz CT molecular complexity index is 611. The van der Waals surface area contributed by atoms with Crippen LogP contribution in [0.3, 0.4) is 0 Å². The molecule has 110 valence electrons. The smallest absolute Gasteiger partial charge is 0.0346 e. The molecular formula is C17H21N3S. The first-order chi connectivity index (χ1) is 10.4. The van der Waals surface area contributed by atoms with Crippen LogP contribution >= 0.6 is 11.9 Å². The van der Waals surface area contributed by atoms with E-state index in [0.29, 0.717) is 6.04 Å². The van der Waals surface area contributed by atoms with E-state index < -0.39 is 0 Å². The van der Waals surface area contributed by atoms with E-state index >= 15 is 0 Å². The van der Waals surface area contributed by atoms with Crippen LogP contribution in [0.4, 0.5) is 0 Å². The number of aromatic nitrogens is 1. The SMILES string of the molecule is c1cc(SN2CC3CCCCNC3C2)c2ccncc2c1. The Kier molecular flexibility index (Phi) is 3.84. The maximum atomic E-state index is 4.22. The van der Waals surface area contributed by atoms with E-state index in [1.165, 1.54) is 48.0 Å². The van der Waals surface area contributed by atoms with E-state index in [9.17, 15) is 0 Å². The zero-order valence-corrected chi connectivity index (χ0v) is 13.0. The first-order valence-corrected chi connectivity index (χ1v) is 8.66. The third-order valence-corrected chi connectivity index (χ3v) is 5.79. The molecular weight excluding hydrogens is 278 g/mol. The quantitative estimate of drug-likeness (QED) is 0.861. The van der Waals surface area contributed by atoms with E-state index in [4.69, 9.17) is 0 Å². The van der Waals surface area contributed by atoms with Crippen LogP contribution in [0.2, 0.25) is 0 Å². The molecule has 0 saturated carbocycles. The number of rotatable bonds is 2. The molecule has 4 heteroatoms. The van der Waals surface area contributed by atoms with Crippen LogP contribution in [0.25, 0.3) is 10.8 Å². The molecule has 3 heterocycles. The highest BCUT2D eigenvalue weighted by Crippen LogP contribution is 2.35. The molecule has 4 rings (SSSR count). The number of nitrogens with zero attached hydrogens (tertiary/aromatic N) is 2. The van der Waals surface area contributed by atoms with E-state index in [0.717, 1.165) is 12.5 Å². The molecule has 0 amide bonds. The van der Waals surface area contributed by atoms with Gasteiger partial charge in [-0.25, -0.2) is 4.31 Å². The fourth-order valence-corrected chi connectivity index (χ4v) is 4.76. The molecule has 0 aliphatic carbocycles. The van der Waals surface area contributed by atoms with Crippen LogP contribution in [0.5, 0.6) is 0 Å². The summed E-state index contributed by atoms with van der Waals surface area (Å²) in [5.41, 5.74) is 0. The standard InChI is InChI=1S/C17H21N3S/c1-2-8-19-16-12-20(11-14(16)4-1)21-17-6-3-5-13-10-18-9-7-15(13)17/h3,5-7,9-10,14,16,19H,1-2,4,8,11-12H2. The number of pyridine rings is 1. The fourth-order valence-electron chi connectivity index (χ4n) is 3.56. The van der Waals surface area contributed by atoms with Crippen LogP contribution in [-0.4, -0.2) is 35.0 Å². The molecule has 2 fully saturated rings. The molecule has 2 aliphatic rings. The van der Waals surface area contributed by atoms with Gasteiger partial charge >= 0.3 is 0 Å². The summed E-state index contributed by atoms with van der Waals surface area (Å²) in [6.07, 6.45) is 7.95. The Morgan fingerprint density at radius 1 is 1.19 bits per heavy atom. The molecule has 1 N–H and O–H groups in total. The Morgan fingerprint density at radius 2 is 2.19 bits per heavy atom. The Hall–Kier alpha value is -1.10. The van der Waals surface area contributed by atoms with Crippen molar-refractivity contribution in [1.82, 2.24) is 14.6 Å². The van der Waals surface area contributed by atoms with Crippen molar-refractivity contribution in [2.75, 3.05) is 19.6 Å². The van der Waals surface area contributed by atoms with Gasteiger partial charge in [0, 0.05) is 41.8 Å². The number of nitrogens with one attached hydrogen (secondary N) is 1. The first-order valence-electron chi connectivity index (χ1n) is 7.89. The molecule has 0 bridgehead atoms. The van der Waals surface area contributed by atoms with Crippen molar-refractivity contribution in [2.24, 2.45) is 5.92 Å². The van der Waals surface area contributed by atoms with Crippen LogP contribution in [0, 0.1) is 5.92 Å². The highest BCUT2D eigenvalue weighted by molar-refractivity contribution is 7.97. The zero-order chi connectivity index (χ0) is 14.1.